The van der Waals surface area contributed by atoms with E-state index in [1.54, 1.807) is 6.07 Å². The first-order valence-corrected chi connectivity index (χ1v) is 8.86. The zero-order chi connectivity index (χ0) is 15.2. The van der Waals surface area contributed by atoms with Crippen molar-refractivity contribution in [1.82, 2.24) is 5.43 Å². The van der Waals surface area contributed by atoms with Gasteiger partial charge in [-0.05, 0) is 46.7 Å². The summed E-state index contributed by atoms with van der Waals surface area (Å²) in [6.45, 7) is 2.25. The first-order chi connectivity index (χ1) is 10.2. The summed E-state index contributed by atoms with van der Waals surface area (Å²) in [4.78, 5) is 0. The Hall–Kier alpha value is -0.450. The molecule has 1 fully saturated rings. The summed E-state index contributed by atoms with van der Waals surface area (Å²) in [6, 6.07) is 5.36. The molecular weight excluding hydrogens is 331 g/mol. The average Bonchev–Trinajstić information content (AvgIpc) is 2.51. The third kappa shape index (κ3) is 4.27. The molecule has 2 nitrogen and oxygen atoms in total. The fourth-order valence-corrected chi connectivity index (χ4v) is 3.93. The number of unbranched alkanes of at least 4 members (excludes halogenated alkanes) is 1. The summed E-state index contributed by atoms with van der Waals surface area (Å²) in [7, 11) is 0. The van der Waals surface area contributed by atoms with Gasteiger partial charge in [-0.3, -0.25) is 11.3 Å². The van der Waals surface area contributed by atoms with Crippen molar-refractivity contribution in [3.05, 3.63) is 34.1 Å². The second-order valence-electron chi connectivity index (χ2n) is 6.21. The maximum absolute atomic E-state index is 14.3. The molecule has 1 aromatic rings. The molecule has 1 saturated carbocycles. The average molecular weight is 357 g/mol. The standard InChI is InChI=1S/C17H26BrFN2/c1-2-3-5-12-8-10-13(11-9-12)17(21-20)14-6-4-7-15(18)16(14)19/h4,6-7,12-13,17,21H,2-3,5,8-11,20H2,1H3. The van der Waals surface area contributed by atoms with Crippen molar-refractivity contribution in [1.29, 1.82) is 0 Å². The number of hydrogen-bond acceptors (Lipinski definition) is 2. The summed E-state index contributed by atoms with van der Waals surface area (Å²) >= 11 is 3.26. The van der Waals surface area contributed by atoms with E-state index in [0.29, 0.717) is 16.0 Å². The van der Waals surface area contributed by atoms with E-state index >= 15 is 0 Å². The smallest absolute Gasteiger partial charge is 0.142 e. The summed E-state index contributed by atoms with van der Waals surface area (Å²) in [5, 5.41) is 0. The van der Waals surface area contributed by atoms with Gasteiger partial charge in [0.1, 0.15) is 5.82 Å². The quantitative estimate of drug-likeness (QED) is 0.550. The van der Waals surface area contributed by atoms with Gasteiger partial charge in [-0.2, -0.15) is 0 Å². The fraction of sp³-hybridized carbons (Fsp3) is 0.647. The fourth-order valence-electron chi connectivity index (χ4n) is 3.54. The van der Waals surface area contributed by atoms with Crippen LogP contribution in [0.25, 0.3) is 0 Å². The van der Waals surface area contributed by atoms with Crippen molar-refractivity contribution >= 4 is 15.9 Å². The van der Waals surface area contributed by atoms with E-state index in [-0.39, 0.29) is 11.9 Å². The van der Waals surface area contributed by atoms with Crippen LogP contribution in [0.2, 0.25) is 0 Å². The Balaban J connectivity index is 2.01. The molecule has 1 atom stereocenters. The third-order valence-corrected chi connectivity index (χ3v) is 5.44. The van der Waals surface area contributed by atoms with Gasteiger partial charge in [0.15, 0.2) is 0 Å². The highest BCUT2D eigenvalue weighted by atomic mass is 79.9. The van der Waals surface area contributed by atoms with Crippen LogP contribution in [0.15, 0.2) is 22.7 Å². The Morgan fingerprint density at radius 3 is 2.67 bits per heavy atom. The van der Waals surface area contributed by atoms with Gasteiger partial charge in [0.2, 0.25) is 0 Å². The van der Waals surface area contributed by atoms with Gasteiger partial charge in [-0.1, -0.05) is 51.2 Å². The topological polar surface area (TPSA) is 38.0 Å². The lowest BCUT2D eigenvalue weighted by molar-refractivity contribution is 0.211. The lowest BCUT2D eigenvalue weighted by atomic mass is 9.75. The molecule has 0 aromatic heterocycles. The second-order valence-corrected chi connectivity index (χ2v) is 7.06. The molecule has 0 saturated heterocycles. The van der Waals surface area contributed by atoms with E-state index in [9.17, 15) is 4.39 Å². The highest BCUT2D eigenvalue weighted by Crippen LogP contribution is 2.39. The molecule has 0 radical (unpaired) electrons. The molecule has 1 aliphatic carbocycles. The Labute approximate surface area is 135 Å². The van der Waals surface area contributed by atoms with Gasteiger partial charge in [0.25, 0.3) is 0 Å². The molecule has 3 N–H and O–H groups in total. The number of benzene rings is 1. The summed E-state index contributed by atoms with van der Waals surface area (Å²) in [5.41, 5.74) is 3.54. The third-order valence-electron chi connectivity index (χ3n) is 4.82. The maximum atomic E-state index is 14.3. The van der Waals surface area contributed by atoms with Gasteiger partial charge in [0.05, 0.1) is 10.5 Å². The second kappa shape index (κ2) is 8.25. The monoisotopic (exact) mass is 356 g/mol. The molecule has 0 aliphatic heterocycles. The zero-order valence-electron chi connectivity index (χ0n) is 12.7. The van der Waals surface area contributed by atoms with Crippen molar-refractivity contribution < 1.29 is 4.39 Å². The van der Waals surface area contributed by atoms with Crippen LogP contribution < -0.4 is 11.3 Å². The SMILES string of the molecule is CCCCC1CCC(C(NN)c2cccc(Br)c2F)CC1. The normalized spacial score (nSPS) is 24.0. The predicted molar refractivity (Wildman–Crippen MR) is 89.1 cm³/mol. The summed E-state index contributed by atoms with van der Waals surface area (Å²) in [5.74, 6) is 6.83. The Kier molecular flexibility index (Phi) is 6.65. The number of nitrogens with one attached hydrogen (secondary N) is 1. The van der Waals surface area contributed by atoms with E-state index in [0.717, 1.165) is 18.8 Å². The minimum absolute atomic E-state index is 0.0883. The van der Waals surface area contributed by atoms with Gasteiger partial charge in [0, 0.05) is 5.56 Å². The number of halogens is 2. The molecule has 118 valence electrons. The molecule has 0 bridgehead atoms. The molecule has 0 amide bonds. The minimum Gasteiger partial charge on any atom is -0.271 e. The predicted octanol–water partition coefficient (Wildman–Crippen LogP) is 5.09. The molecule has 1 unspecified atom stereocenters. The summed E-state index contributed by atoms with van der Waals surface area (Å²) in [6.07, 6.45) is 8.71. The molecule has 1 aromatic carbocycles. The van der Waals surface area contributed by atoms with Crippen LogP contribution in [0.3, 0.4) is 0 Å². The van der Waals surface area contributed by atoms with Crippen molar-refractivity contribution in [2.24, 2.45) is 17.7 Å². The number of nitrogens with two attached hydrogens (primary N) is 1. The number of hydrogen-bond donors (Lipinski definition) is 2. The van der Waals surface area contributed by atoms with E-state index in [1.165, 1.54) is 32.1 Å². The van der Waals surface area contributed by atoms with Crippen molar-refractivity contribution in [3.63, 3.8) is 0 Å². The molecule has 21 heavy (non-hydrogen) atoms. The number of rotatable bonds is 6. The van der Waals surface area contributed by atoms with Gasteiger partial charge >= 0.3 is 0 Å². The molecule has 4 heteroatoms. The van der Waals surface area contributed by atoms with Crippen LogP contribution in [0, 0.1) is 17.7 Å². The van der Waals surface area contributed by atoms with Crippen LogP contribution in [0.5, 0.6) is 0 Å². The lowest BCUT2D eigenvalue weighted by Crippen LogP contribution is -2.36. The van der Waals surface area contributed by atoms with Crippen LogP contribution in [-0.2, 0) is 0 Å². The highest BCUT2D eigenvalue weighted by molar-refractivity contribution is 9.10. The van der Waals surface area contributed by atoms with Crippen LogP contribution in [0.1, 0.15) is 63.5 Å². The van der Waals surface area contributed by atoms with Gasteiger partial charge in [-0.15, -0.1) is 0 Å². The Bertz CT molecular complexity index is 444. The maximum Gasteiger partial charge on any atom is 0.142 e. The lowest BCUT2D eigenvalue weighted by Gasteiger charge is -2.34. The molecule has 1 aliphatic rings. The van der Waals surface area contributed by atoms with Crippen LogP contribution >= 0.6 is 15.9 Å². The van der Waals surface area contributed by atoms with Crippen LogP contribution in [0.4, 0.5) is 4.39 Å². The van der Waals surface area contributed by atoms with Gasteiger partial charge < -0.3 is 0 Å². The van der Waals surface area contributed by atoms with E-state index in [4.69, 9.17) is 5.84 Å². The zero-order valence-corrected chi connectivity index (χ0v) is 14.3. The van der Waals surface area contributed by atoms with Crippen molar-refractivity contribution in [3.8, 4) is 0 Å². The van der Waals surface area contributed by atoms with E-state index < -0.39 is 0 Å². The highest BCUT2D eigenvalue weighted by Gasteiger charge is 2.29. The van der Waals surface area contributed by atoms with E-state index in [1.807, 2.05) is 12.1 Å². The minimum atomic E-state index is -0.187. The van der Waals surface area contributed by atoms with E-state index in [2.05, 4.69) is 28.3 Å². The largest absolute Gasteiger partial charge is 0.271 e. The Morgan fingerprint density at radius 2 is 2.05 bits per heavy atom. The van der Waals surface area contributed by atoms with Gasteiger partial charge in [-0.25, -0.2) is 4.39 Å². The molecule has 0 spiro atoms. The Morgan fingerprint density at radius 1 is 1.33 bits per heavy atom. The van der Waals surface area contributed by atoms with Crippen molar-refractivity contribution in [2.75, 3.05) is 0 Å². The van der Waals surface area contributed by atoms with Crippen LogP contribution in [-0.4, -0.2) is 0 Å². The molecular formula is C17H26BrFN2. The van der Waals surface area contributed by atoms with Crippen molar-refractivity contribution in [2.45, 2.75) is 57.9 Å². The first kappa shape index (κ1) is 16.9. The summed E-state index contributed by atoms with van der Waals surface area (Å²) < 4.78 is 14.8. The molecule has 2 rings (SSSR count). The molecule has 0 heterocycles. The number of hydrazine groups is 1. The first-order valence-electron chi connectivity index (χ1n) is 8.07.